The van der Waals surface area contributed by atoms with Crippen LogP contribution < -0.4 is 16.0 Å². The van der Waals surface area contributed by atoms with Crippen LogP contribution in [0.5, 0.6) is 0 Å². The van der Waals surface area contributed by atoms with Crippen molar-refractivity contribution in [2.45, 2.75) is 4.90 Å². The van der Waals surface area contributed by atoms with Crippen LogP contribution in [0.25, 0.3) is 0 Å². The fourth-order valence-electron chi connectivity index (χ4n) is 1.09. The smallest absolute Gasteiger partial charge is 0.325 e. The van der Waals surface area contributed by atoms with Crippen LogP contribution >= 0.6 is 0 Å². The predicted molar refractivity (Wildman–Crippen MR) is 60.8 cm³/mol. The minimum Gasteiger partial charge on any atom is -0.394 e. The molecule has 4 N–H and O–H groups in total. The summed E-state index contributed by atoms with van der Waals surface area (Å²) < 4.78 is 30.2. The number of hydrogen-bond donors (Lipinski definition) is 4. The number of aromatic nitrogens is 2. The van der Waals surface area contributed by atoms with Gasteiger partial charge in [0.2, 0.25) is 10.0 Å². The molecule has 0 saturated heterocycles. The summed E-state index contributed by atoms with van der Waals surface area (Å²) in [7, 11) is -4.00. The Kier molecular flexibility index (Phi) is 5.22. The third-order valence-electron chi connectivity index (χ3n) is 1.85. The van der Waals surface area contributed by atoms with Crippen molar-refractivity contribution in [3.8, 4) is 0 Å². The average molecular weight is 279 g/mol. The molecule has 0 amide bonds. The van der Waals surface area contributed by atoms with Gasteiger partial charge in [-0.3, -0.25) is 9.78 Å². The third-order valence-corrected chi connectivity index (χ3v) is 3.32. The van der Waals surface area contributed by atoms with E-state index in [9.17, 15) is 18.0 Å². The van der Waals surface area contributed by atoms with Crippen LogP contribution in [0.2, 0.25) is 0 Å². The Labute approximate surface area is 102 Å². The Morgan fingerprint density at radius 1 is 1.33 bits per heavy atom. The van der Waals surface area contributed by atoms with E-state index in [1.54, 1.807) is 4.98 Å². The first-order valence-electron chi connectivity index (χ1n) is 4.97. The maximum Gasteiger partial charge on any atom is 0.325 e. The average Bonchev–Trinajstić information content (AvgIpc) is 2.28. The molecule has 0 bridgehead atoms. The van der Waals surface area contributed by atoms with Crippen LogP contribution in [-0.2, 0) is 14.8 Å². The lowest BCUT2D eigenvalue weighted by atomic mass is 10.7. The molecule has 0 aliphatic carbocycles. The molecule has 1 rings (SSSR count). The number of sulfonamides is 1. The second-order valence-corrected chi connectivity index (χ2v) is 4.91. The van der Waals surface area contributed by atoms with Gasteiger partial charge in [-0.1, -0.05) is 0 Å². The van der Waals surface area contributed by atoms with E-state index in [2.05, 4.69) is 9.71 Å². The lowest BCUT2D eigenvalue weighted by Crippen LogP contribution is -2.34. The van der Waals surface area contributed by atoms with Gasteiger partial charge in [0.1, 0.15) is 0 Å². The molecule has 0 saturated carbocycles. The zero-order valence-corrected chi connectivity index (χ0v) is 10.1. The first kappa shape index (κ1) is 14.6. The molecule has 9 nitrogen and oxygen atoms in total. The largest absolute Gasteiger partial charge is 0.394 e. The van der Waals surface area contributed by atoms with Crippen LogP contribution in [0.15, 0.2) is 20.7 Å². The minimum absolute atomic E-state index is 0.0547. The Hall–Kier alpha value is -1.49. The molecule has 0 fully saturated rings. The normalized spacial score (nSPS) is 11.6. The van der Waals surface area contributed by atoms with Crippen molar-refractivity contribution in [2.24, 2.45) is 0 Å². The molecule has 0 aliphatic heterocycles. The first-order chi connectivity index (χ1) is 8.47. The number of aliphatic hydroxyl groups excluding tert-OH is 1. The highest BCUT2D eigenvalue weighted by atomic mass is 32.2. The summed E-state index contributed by atoms with van der Waals surface area (Å²) in [6, 6.07) is 0. The van der Waals surface area contributed by atoms with Crippen molar-refractivity contribution in [1.82, 2.24) is 14.7 Å². The highest BCUT2D eigenvalue weighted by Crippen LogP contribution is 1.96. The van der Waals surface area contributed by atoms with E-state index >= 15 is 0 Å². The Morgan fingerprint density at radius 2 is 2.06 bits per heavy atom. The number of aromatic amines is 2. The van der Waals surface area contributed by atoms with Gasteiger partial charge in [-0.25, -0.2) is 17.9 Å². The van der Waals surface area contributed by atoms with E-state index in [4.69, 9.17) is 9.84 Å². The van der Waals surface area contributed by atoms with Gasteiger partial charge in [0.15, 0.2) is 4.90 Å². The maximum atomic E-state index is 11.6. The molecule has 0 spiro atoms. The molecular formula is C8H13N3O6S. The molecule has 18 heavy (non-hydrogen) atoms. The van der Waals surface area contributed by atoms with Crippen molar-refractivity contribution >= 4 is 10.0 Å². The highest BCUT2D eigenvalue weighted by molar-refractivity contribution is 7.89. The van der Waals surface area contributed by atoms with Crippen molar-refractivity contribution in [2.75, 3.05) is 26.4 Å². The van der Waals surface area contributed by atoms with Crippen LogP contribution in [0.4, 0.5) is 0 Å². The van der Waals surface area contributed by atoms with E-state index < -0.39 is 26.2 Å². The predicted octanol–water partition coefficient (Wildman–Crippen LogP) is -2.65. The zero-order valence-electron chi connectivity index (χ0n) is 9.30. The summed E-state index contributed by atoms with van der Waals surface area (Å²) >= 11 is 0. The van der Waals surface area contributed by atoms with E-state index in [-0.39, 0.29) is 26.4 Å². The maximum absolute atomic E-state index is 11.6. The molecule has 1 heterocycles. The monoisotopic (exact) mass is 279 g/mol. The molecule has 10 heteroatoms. The summed E-state index contributed by atoms with van der Waals surface area (Å²) in [6.07, 6.45) is 0.818. The number of hydrogen-bond acceptors (Lipinski definition) is 6. The second-order valence-electron chi connectivity index (χ2n) is 3.17. The fraction of sp³-hybridized carbons (Fsp3) is 0.500. The highest BCUT2D eigenvalue weighted by Gasteiger charge is 2.17. The van der Waals surface area contributed by atoms with Gasteiger partial charge in [-0.05, 0) is 0 Å². The number of aliphatic hydroxyl groups is 1. The Bertz CT molecular complexity index is 589. The number of ether oxygens (including phenoxy) is 1. The van der Waals surface area contributed by atoms with Gasteiger partial charge in [-0.2, -0.15) is 0 Å². The van der Waals surface area contributed by atoms with Gasteiger partial charge >= 0.3 is 5.69 Å². The topological polar surface area (TPSA) is 141 Å². The molecule has 102 valence electrons. The van der Waals surface area contributed by atoms with E-state index in [0.717, 1.165) is 6.20 Å². The summed E-state index contributed by atoms with van der Waals surface area (Å²) in [5, 5.41) is 8.42. The second kappa shape index (κ2) is 6.44. The molecule has 0 atom stereocenters. The van der Waals surface area contributed by atoms with Crippen molar-refractivity contribution < 1.29 is 18.3 Å². The summed E-state index contributed by atoms with van der Waals surface area (Å²) in [5.41, 5.74) is -1.78. The zero-order chi connectivity index (χ0) is 13.6. The first-order valence-corrected chi connectivity index (χ1v) is 6.46. The van der Waals surface area contributed by atoms with E-state index in [1.165, 1.54) is 0 Å². The van der Waals surface area contributed by atoms with Crippen LogP contribution in [-0.4, -0.2) is 49.9 Å². The molecule has 1 aromatic rings. The van der Waals surface area contributed by atoms with Gasteiger partial charge in [-0.15, -0.1) is 0 Å². The molecule has 0 unspecified atom stereocenters. The SMILES string of the molecule is O=c1[nH]cc(S(=O)(=O)NCCOCCO)c(=O)[nH]1. The van der Waals surface area contributed by atoms with Crippen LogP contribution in [0.1, 0.15) is 0 Å². The van der Waals surface area contributed by atoms with E-state index in [1.807, 2.05) is 0 Å². The third kappa shape index (κ3) is 4.07. The Balaban J connectivity index is 2.69. The molecule has 0 aliphatic rings. The standard InChI is InChI=1S/C8H13N3O6S/c12-2-4-17-3-1-10-18(15,16)6-5-9-8(14)11-7(6)13/h5,10,12H,1-4H2,(H2,9,11,13,14). The van der Waals surface area contributed by atoms with Crippen molar-refractivity contribution in [3.63, 3.8) is 0 Å². The van der Waals surface area contributed by atoms with Gasteiger partial charge in [0, 0.05) is 12.7 Å². The van der Waals surface area contributed by atoms with Crippen molar-refractivity contribution in [3.05, 3.63) is 27.0 Å². The number of nitrogens with one attached hydrogen (secondary N) is 3. The van der Waals surface area contributed by atoms with Gasteiger partial charge in [0.25, 0.3) is 5.56 Å². The minimum atomic E-state index is -4.00. The fourth-order valence-corrected chi connectivity index (χ4v) is 2.11. The van der Waals surface area contributed by atoms with Crippen LogP contribution in [0.3, 0.4) is 0 Å². The molecule has 1 aromatic heterocycles. The van der Waals surface area contributed by atoms with Gasteiger partial charge in [0.05, 0.1) is 19.8 Å². The van der Waals surface area contributed by atoms with Crippen LogP contribution in [0, 0.1) is 0 Å². The van der Waals surface area contributed by atoms with E-state index in [0.29, 0.717) is 0 Å². The van der Waals surface area contributed by atoms with Gasteiger partial charge < -0.3 is 14.8 Å². The molecule has 0 aromatic carbocycles. The molecule has 0 radical (unpaired) electrons. The lowest BCUT2D eigenvalue weighted by Gasteiger charge is -2.05. The van der Waals surface area contributed by atoms with Crippen molar-refractivity contribution in [1.29, 1.82) is 0 Å². The number of H-pyrrole nitrogens is 2. The molecular weight excluding hydrogens is 266 g/mol. The lowest BCUT2D eigenvalue weighted by molar-refractivity contribution is 0.0961. The quantitative estimate of drug-likeness (QED) is 0.402. The number of rotatable bonds is 7. The summed E-state index contributed by atoms with van der Waals surface area (Å²) in [6.45, 7) is -0.0603. The Morgan fingerprint density at radius 3 is 2.67 bits per heavy atom. The summed E-state index contributed by atoms with van der Waals surface area (Å²) in [4.78, 5) is 25.3. The summed E-state index contributed by atoms with van der Waals surface area (Å²) in [5.74, 6) is 0.